The van der Waals surface area contributed by atoms with Crippen LogP contribution in [0.4, 0.5) is 5.82 Å². The number of primary amides is 1. The van der Waals surface area contributed by atoms with Crippen molar-refractivity contribution in [3.05, 3.63) is 23.9 Å². The van der Waals surface area contributed by atoms with Crippen LogP contribution in [0.3, 0.4) is 0 Å². The number of amides is 1. The standard InChI is InChI=1S/C13H20N4O/c14-8-11(9-3-1-2-4-9)17-12-7-10(13(15)18)5-6-16-12/h5-7,9,11H,1-4,8,14H2,(H2,15,18)(H,16,17). The average Bonchev–Trinajstić information content (AvgIpc) is 2.90. The maximum absolute atomic E-state index is 11.1. The number of hydrogen-bond donors (Lipinski definition) is 3. The fourth-order valence-electron chi connectivity index (χ4n) is 2.58. The molecule has 1 aromatic heterocycles. The van der Waals surface area contributed by atoms with Crippen molar-refractivity contribution < 1.29 is 4.79 Å². The van der Waals surface area contributed by atoms with Gasteiger partial charge in [0.05, 0.1) is 0 Å². The van der Waals surface area contributed by atoms with Crippen LogP contribution in [0.2, 0.25) is 0 Å². The molecule has 1 aliphatic carbocycles. The van der Waals surface area contributed by atoms with E-state index in [0.717, 1.165) is 0 Å². The smallest absolute Gasteiger partial charge is 0.248 e. The minimum atomic E-state index is -0.439. The molecule has 5 nitrogen and oxygen atoms in total. The number of hydrogen-bond acceptors (Lipinski definition) is 4. The van der Waals surface area contributed by atoms with Crippen molar-refractivity contribution in [2.24, 2.45) is 17.4 Å². The van der Waals surface area contributed by atoms with Crippen molar-refractivity contribution >= 4 is 11.7 Å². The predicted octanol–water partition coefficient (Wildman–Crippen LogP) is 1.11. The van der Waals surface area contributed by atoms with Crippen LogP contribution >= 0.6 is 0 Å². The first-order chi connectivity index (χ1) is 8.70. The van der Waals surface area contributed by atoms with Gasteiger partial charge in [0.2, 0.25) is 5.91 Å². The highest BCUT2D eigenvalue weighted by atomic mass is 16.1. The first-order valence-corrected chi connectivity index (χ1v) is 6.43. The van der Waals surface area contributed by atoms with Gasteiger partial charge < -0.3 is 16.8 Å². The normalized spacial score (nSPS) is 17.6. The van der Waals surface area contributed by atoms with E-state index in [0.29, 0.717) is 23.8 Å². The van der Waals surface area contributed by atoms with Crippen molar-refractivity contribution in [3.8, 4) is 0 Å². The van der Waals surface area contributed by atoms with Crippen LogP contribution in [0, 0.1) is 5.92 Å². The number of rotatable bonds is 5. The van der Waals surface area contributed by atoms with Crippen LogP contribution in [0.25, 0.3) is 0 Å². The molecule has 1 aromatic rings. The summed E-state index contributed by atoms with van der Waals surface area (Å²) in [6.45, 7) is 0.577. The van der Waals surface area contributed by atoms with Crippen LogP contribution in [0.5, 0.6) is 0 Å². The molecule has 0 radical (unpaired) electrons. The van der Waals surface area contributed by atoms with E-state index in [1.54, 1.807) is 18.3 Å². The van der Waals surface area contributed by atoms with Crippen molar-refractivity contribution in [2.45, 2.75) is 31.7 Å². The summed E-state index contributed by atoms with van der Waals surface area (Å²) in [5.41, 5.74) is 11.5. The average molecular weight is 248 g/mol. The van der Waals surface area contributed by atoms with Gasteiger partial charge in [0.1, 0.15) is 5.82 Å². The molecule has 5 heteroatoms. The van der Waals surface area contributed by atoms with E-state index in [9.17, 15) is 4.79 Å². The molecule has 0 bridgehead atoms. The summed E-state index contributed by atoms with van der Waals surface area (Å²) in [4.78, 5) is 15.3. The molecule has 1 heterocycles. The number of nitrogens with one attached hydrogen (secondary N) is 1. The largest absolute Gasteiger partial charge is 0.366 e. The summed E-state index contributed by atoms with van der Waals surface area (Å²) in [6, 6.07) is 3.52. The highest BCUT2D eigenvalue weighted by Gasteiger charge is 2.24. The van der Waals surface area contributed by atoms with Gasteiger partial charge in [-0.2, -0.15) is 0 Å². The highest BCUT2D eigenvalue weighted by Crippen LogP contribution is 2.28. The number of anilines is 1. The van der Waals surface area contributed by atoms with Crippen molar-refractivity contribution in [2.75, 3.05) is 11.9 Å². The number of pyridine rings is 1. The van der Waals surface area contributed by atoms with E-state index in [-0.39, 0.29) is 6.04 Å². The molecule has 98 valence electrons. The Labute approximate surface area is 107 Å². The van der Waals surface area contributed by atoms with Crippen LogP contribution in [0.15, 0.2) is 18.3 Å². The second-order valence-corrected chi connectivity index (χ2v) is 4.83. The zero-order valence-electron chi connectivity index (χ0n) is 10.4. The van der Waals surface area contributed by atoms with Crippen LogP contribution in [0.1, 0.15) is 36.0 Å². The second-order valence-electron chi connectivity index (χ2n) is 4.83. The zero-order valence-corrected chi connectivity index (χ0v) is 10.4. The van der Waals surface area contributed by atoms with Crippen LogP contribution in [-0.4, -0.2) is 23.5 Å². The monoisotopic (exact) mass is 248 g/mol. The lowest BCUT2D eigenvalue weighted by Gasteiger charge is -2.23. The molecule has 1 saturated carbocycles. The van der Waals surface area contributed by atoms with E-state index in [4.69, 9.17) is 11.5 Å². The summed E-state index contributed by atoms with van der Waals surface area (Å²) in [7, 11) is 0. The Morgan fingerprint density at radius 3 is 2.83 bits per heavy atom. The van der Waals surface area contributed by atoms with Crippen molar-refractivity contribution in [1.82, 2.24) is 4.98 Å². The number of aromatic nitrogens is 1. The summed E-state index contributed by atoms with van der Waals surface area (Å²) < 4.78 is 0. The molecule has 0 spiro atoms. The maximum Gasteiger partial charge on any atom is 0.248 e. The molecule has 1 atom stereocenters. The molecule has 2 rings (SSSR count). The lowest BCUT2D eigenvalue weighted by atomic mass is 9.98. The third-order valence-electron chi connectivity index (χ3n) is 3.60. The molecular weight excluding hydrogens is 228 g/mol. The molecule has 5 N–H and O–H groups in total. The number of carbonyl (C=O) groups excluding carboxylic acids is 1. The van der Waals surface area contributed by atoms with Gasteiger partial charge >= 0.3 is 0 Å². The van der Waals surface area contributed by atoms with Gasteiger partial charge in [0, 0.05) is 24.3 Å². The Hall–Kier alpha value is -1.62. The Morgan fingerprint density at radius 1 is 1.50 bits per heavy atom. The Morgan fingerprint density at radius 2 is 2.22 bits per heavy atom. The van der Waals surface area contributed by atoms with Gasteiger partial charge in [0.25, 0.3) is 0 Å². The van der Waals surface area contributed by atoms with Crippen LogP contribution < -0.4 is 16.8 Å². The molecule has 0 aromatic carbocycles. The summed E-state index contributed by atoms with van der Waals surface area (Å²) in [5.74, 6) is 0.841. The number of nitrogens with two attached hydrogens (primary N) is 2. The van der Waals surface area contributed by atoms with E-state index in [1.807, 2.05) is 0 Å². The van der Waals surface area contributed by atoms with Crippen molar-refractivity contribution in [1.29, 1.82) is 0 Å². The lowest BCUT2D eigenvalue weighted by Crippen LogP contribution is -2.35. The van der Waals surface area contributed by atoms with Crippen LogP contribution in [-0.2, 0) is 0 Å². The molecule has 18 heavy (non-hydrogen) atoms. The first-order valence-electron chi connectivity index (χ1n) is 6.43. The van der Waals surface area contributed by atoms with E-state index < -0.39 is 5.91 Å². The Bertz CT molecular complexity index is 415. The quantitative estimate of drug-likeness (QED) is 0.727. The third-order valence-corrected chi connectivity index (χ3v) is 3.60. The van der Waals surface area contributed by atoms with Gasteiger partial charge in [0.15, 0.2) is 0 Å². The lowest BCUT2D eigenvalue weighted by molar-refractivity contribution is 0.1000. The molecule has 1 unspecified atom stereocenters. The number of carbonyl (C=O) groups is 1. The van der Waals surface area contributed by atoms with Gasteiger partial charge in [-0.25, -0.2) is 4.98 Å². The van der Waals surface area contributed by atoms with E-state index >= 15 is 0 Å². The zero-order chi connectivity index (χ0) is 13.0. The first kappa shape index (κ1) is 12.8. The van der Waals surface area contributed by atoms with Crippen molar-refractivity contribution in [3.63, 3.8) is 0 Å². The molecule has 0 saturated heterocycles. The minimum absolute atomic E-state index is 0.225. The topological polar surface area (TPSA) is 94.0 Å². The maximum atomic E-state index is 11.1. The summed E-state index contributed by atoms with van der Waals surface area (Å²) >= 11 is 0. The molecule has 1 fully saturated rings. The van der Waals surface area contributed by atoms with Gasteiger partial charge in [-0.15, -0.1) is 0 Å². The Balaban J connectivity index is 2.06. The minimum Gasteiger partial charge on any atom is -0.366 e. The highest BCUT2D eigenvalue weighted by molar-refractivity contribution is 5.93. The predicted molar refractivity (Wildman–Crippen MR) is 71.2 cm³/mol. The fourth-order valence-corrected chi connectivity index (χ4v) is 2.58. The fraction of sp³-hybridized carbons (Fsp3) is 0.538. The summed E-state index contributed by atoms with van der Waals surface area (Å²) in [6.07, 6.45) is 6.56. The van der Waals surface area contributed by atoms with E-state index in [1.165, 1.54) is 25.7 Å². The van der Waals surface area contributed by atoms with E-state index in [2.05, 4.69) is 10.3 Å². The summed E-state index contributed by atoms with van der Waals surface area (Å²) in [5, 5.41) is 3.32. The van der Waals surface area contributed by atoms with Gasteiger partial charge in [-0.05, 0) is 30.9 Å². The second kappa shape index (κ2) is 5.82. The van der Waals surface area contributed by atoms with Gasteiger partial charge in [-0.1, -0.05) is 12.8 Å². The van der Waals surface area contributed by atoms with Gasteiger partial charge in [-0.3, -0.25) is 4.79 Å². The number of nitrogens with zero attached hydrogens (tertiary/aromatic N) is 1. The third kappa shape index (κ3) is 2.98. The molecule has 1 amide bonds. The Kier molecular flexibility index (Phi) is 4.15. The SMILES string of the molecule is NCC(Nc1cc(C(N)=O)ccn1)C1CCCC1. The molecule has 0 aliphatic heterocycles. The molecular formula is C13H20N4O. The molecule has 1 aliphatic rings.